The van der Waals surface area contributed by atoms with Gasteiger partial charge in [-0.15, -0.1) is 5.10 Å². The molecule has 12 nitrogen and oxygen atoms in total. The summed E-state index contributed by atoms with van der Waals surface area (Å²) in [5.41, 5.74) is 1.39. The summed E-state index contributed by atoms with van der Waals surface area (Å²) in [6, 6.07) is 7.71. The van der Waals surface area contributed by atoms with Crippen molar-refractivity contribution in [1.29, 1.82) is 0 Å². The lowest BCUT2D eigenvalue weighted by molar-refractivity contribution is 0.206. The predicted octanol–water partition coefficient (Wildman–Crippen LogP) is 1.89. The largest absolute Gasteiger partial charge is 0.464 e. The lowest BCUT2D eigenvalue weighted by atomic mass is 10.2. The van der Waals surface area contributed by atoms with E-state index >= 15 is 0 Å². The van der Waals surface area contributed by atoms with Gasteiger partial charge in [0.1, 0.15) is 5.69 Å². The number of aromatic nitrogens is 7. The molecule has 0 atom stereocenters. The van der Waals surface area contributed by atoms with E-state index in [9.17, 15) is 18.3 Å². The summed E-state index contributed by atoms with van der Waals surface area (Å²) in [5.74, 6) is 0.205. The minimum Gasteiger partial charge on any atom is -0.464 e. The Labute approximate surface area is 176 Å². The molecule has 0 aliphatic rings. The molecule has 0 saturated heterocycles. The van der Waals surface area contributed by atoms with Gasteiger partial charge < -0.3 is 5.11 Å². The van der Waals surface area contributed by atoms with Crippen LogP contribution in [0.2, 0.25) is 0 Å². The number of amides is 1. The quantitative estimate of drug-likeness (QED) is 0.489. The van der Waals surface area contributed by atoms with Gasteiger partial charge in [-0.25, -0.2) is 27.4 Å². The van der Waals surface area contributed by atoms with E-state index in [1.807, 2.05) is 0 Å². The summed E-state index contributed by atoms with van der Waals surface area (Å²) in [4.78, 5) is 16.2. The molecule has 13 heteroatoms. The van der Waals surface area contributed by atoms with E-state index in [4.69, 9.17) is 0 Å². The molecule has 0 aliphatic heterocycles. The third kappa shape index (κ3) is 3.28. The maximum atomic E-state index is 13.6. The lowest BCUT2D eigenvalue weighted by Crippen LogP contribution is -2.36. The molecule has 3 aromatic heterocycles. The fourth-order valence-corrected chi connectivity index (χ4v) is 4.80. The van der Waals surface area contributed by atoms with Crippen LogP contribution in [0.5, 0.6) is 0 Å². The third-order valence-electron chi connectivity index (χ3n) is 4.63. The summed E-state index contributed by atoms with van der Waals surface area (Å²) in [5, 5.41) is 25.4. The van der Waals surface area contributed by atoms with Crippen molar-refractivity contribution in [3.8, 4) is 11.4 Å². The second kappa shape index (κ2) is 7.43. The number of hydrogen-bond donors (Lipinski definition) is 1. The summed E-state index contributed by atoms with van der Waals surface area (Å²) < 4.78 is 30.3. The molecule has 1 N–H and O–H groups in total. The first-order chi connectivity index (χ1) is 14.8. The Morgan fingerprint density at radius 2 is 1.97 bits per heavy atom. The van der Waals surface area contributed by atoms with Crippen LogP contribution in [0.4, 0.5) is 10.5 Å². The van der Waals surface area contributed by atoms with Gasteiger partial charge in [-0.05, 0) is 49.4 Å². The molecule has 3 heterocycles. The molecule has 0 unspecified atom stereocenters. The van der Waals surface area contributed by atoms with Gasteiger partial charge in [0.15, 0.2) is 11.5 Å². The van der Waals surface area contributed by atoms with Crippen LogP contribution in [-0.4, -0.2) is 54.4 Å². The van der Waals surface area contributed by atoms with Gasteiger partial charge in [-0.2, -0.15) is 9.40 Å². The molecule has 1 aromatic carbocycles. The van der Waals surface area contributed by atoms with Gasteiger partial charge in [0.2, 0.25) is 0 Å². The third-order valence-corrected chi connectivity index (χ3v) is 6.37. The first-order valence-electron chi connectivity index (χ1n) is 9.21. The number of carbonyl (C=O) groups is 1. The molecule has 0 bridgehead atoms. The average molecular weight is 442 g/mol. The number of aryl methyl sites for hydroxylation is 3. The molecular formula is C18H18N8O4S. The topological polar surface area (TPSA) is 148 Å². The molecule has 0 saturated carbocycles. The monoisotopic (exact) mass is 442 g/mol. The van der Waals surface area contributed by atoms with Crippen molar-refractivity contribution >= 4 is 27.5 Å². The number of nitrogens with zero attached hydrogens (tertiary/aromatic N) is 8. The molecule has 1 amide bonds. The molecule has 160 valence electrons. The van der Waals surface area contributed by atoms with Crippen molar-refractivity contribution in [2.24, 2.45) is 0 Å². The predicted molar refractivity (Wildman–Crippen MR) is 109 cm³/mol. The summed E-state index contributed by atoms with van der Waals surface area (Å²) in [6.07, 6.45) is -0.528. The fourth-order valence-electron chi connectivity index (χ4n) is 3.32. The number of fused-ring (bicyclic) bond motifs is 1. The Morgan fingerprint density at radius 1 is 1.23 bits per heavy atom. The number of tetrazole rings is 1. The van der Waals surface area contributed by atoms with Crippen LogP contribution < -0.4 is 4.31 Å². The highest BCUT2D eigenvalue weighted by Gasteiger charge is 2.36. The smallest absolute Gasteiger partial charge is 0.426 e. The number of carboxylic acid groups (broad SMARTS) is 1. The van der Waals surface area contributed by atoms with Gasteiger partial charge in [0.05, 0.1) is 11.1 Å². The normalized spacial score (nSPS) is 11.7. The van der Waals surface area contributed by atoms with Crippen LogP contribution in [0.1, 0.15) is 18.3 Å². The minimum absolute atomic E-state index is 0.111. The van der Waals surface area contributed by atoms with E-state index in [2.05, 4.69) is 25.6 Å². The molecule has 31 heavy (non-hydrogen) atoms. The van der Waals surface area contributed by atoms with Crippen molar-refractivity contribution in [3.05, 3.63) is 47.9 Å². The van der Waals surface area contributed by atoms with Crippen molar-refractivity contribution in [2.75, 3.05) is 4.31 Å². The van der Waals surface area contributed by atoms with Crippen LogP contribution in [0.25, 0.3) is 17.0 Å². The zero-order valence-electron chi connectivity index (χ0n) is 16.8. The molecular weight excluding hydrogens is 424 g/mol. The Balaban J connectivity index is 1.96. The van der Waals surface area contributed by atoms with E-state index in [-0.39, 0.29) is 31.9 Å². The average Bonchev–Trinajstić information content (AvgIpc) is 3.35. The van der Waals surface area contributed by atoms with Gasteiger partial charge in [0, 0.05) is 23.5 Å². The maximum absolute atomic E-state index is 13.6. The maximum Gasteiger partial charge on any atom is 0.426 e. The standard InChI is InChI=1S/C18H18N8O4S/c1-4-24-16(21-22-23-24)13-7-5-6-8-15(13)31(29,30)26(18(27)28)14-10-19-25-12(3)9-11(2)20-17(14)25/h5-10H,4H2,1-3H3,(H,27,28). The molecule has 0 spiro atoms. The van der Waals surface area contributed by atoms with Crippen LogP contribution >= 0.6 is 0 Å². The highest BCUT2D eigenvalue weighted by Crippen LogP contribution is 2.32. The summed E-state index contributed by atoms with van der Waals surface area (Å²) in [7, 11) is -4.59. The Hall–Kier alpha value is -3.87. The molecule has 0 fully saturated rings. The van der Waals surface area contributed by atoms with Crippen molar-refractivity contribution in [2.45, 2.75) is 32.2 Å². The zero-order chi connectivity index (χ0) is 22.3. The zero-order valence-corrected chi connectivity index (χ0v) is 17.6. The van der Waals surface area contributed by atoms with Crippen LogP contribution in [0.15, 0.2) is 41.4 Å². The van der Waals surface area contributed by atoms with Crippen molar-refractivity contribution < 1.29 is 18.3 Å². The Bertz CT molecular complexity index is 1410. The first kappa shape index (κ1) is 20.4. The van der Waals surface area contributed by atoms with E-state index in [1.165, 1.54) is 33.6 Å². The van der Waals surface area contributed by atoms with Crippen LogP contribution in [-0.2, 0) is 16.6 Å². The fraction of sp³-hybridized carbons (Fsp3) is 0.222. The number of hydrogen-bond acceptors (Lipinski definition) is 8. The van der Waals surface area contributed by atoms with Gasteiger partial charge in [0.25, 0.3) is 10.0 Å². The molecule has 0 radical (unpaired) electrons. The van der Waals surface area contributed by atoms with E-state index < -0.39 is 16.1 Å². The minimum atomic E-state index is -4.59. The second-order valence-electron chi connectivity index (χ2n) is 6.67. The summed E-state index contributed by atoms with van der Waals surface area (Å²) in [6.45, 7) is 5.69. The summed E-state index contributed by atoms with van der Waals surface area (Å²) >= 11 is 0. The van der Waals surface area contributed by atoms with Gasteiger partial charge >= 0.3 is 6.09 Å². The van der Waals surface area contributed by atoms with Gasteiger partial charge in [-0.1, -0.05) is 12.1 Å². The number of rotatable bonds is 5. The highest BCUT2D eigenvalue weighted by molar-refractivity contribution is 7.93. The molecule has 4 rings (SSSR count). The van der Waals surface area contributed by atoms with Gasteiger partial charge in [-0.3, -0.25) is 0 Å². The van der Waals surface area contributed by atoms with Crippen molar-refractivity contribution in [1.82, 2.24) is 34.8 Å². The Kier molecular flexibility index (Phi) is 4.89. The lowest BCUT2D eigenvalue weighted by Gasteiger charge is -2.19. The first-order valence-corrected chi connectivity index (χ1v) is 10.7. The number of anilines is 1. The second-order valence-corrected chi connectivity index (χ2v) is 8.43. The highest BCUT2D eigenvalue weighted by atomic mass is 32.2. The van der Waals surface area contributed by atoms with Crippen LogP contribution in [0, 0.1) is 13.8 Å². The Morgan fingerprint density at radius 3 is 2.68 bits per heavy atom. The number of benzene rings is 1. The van der Waals surface area contributed by atoms with E-state index in [0.717, 1.165) is 0 Å². The van der Waals surface area contributed by atoms with Crippen LogP contribution in [0.3, 0.4) is 0 Å². The SMILES string of the molecule is CCn1nnnc1-c1ccccc1S(=O)(=O)N(C(=O)O)c1cnn2c(C)cc(C)nc12. The van der Waals surface area contributed by atoms with E-state index in [1.54, 1.807) is 32.9 Å². The molecule has 0 aliphatic carbocycles. The van der Waals surface area contributed by atoms with E-state index in [0.29, 0.717) is 17.9 Å². The molecule has 4 aromatic rings. The number of sulfonamides is 1. The van der Waals surface area contributed by atoms with Crippen molar-refractivity contribution in [3.63, 3.8) is 0 Å².